The van der Waals surface area contributed by atoms with Crippen LogP contribution in [0.1, 0.15) is 105 Å². The first-order valence-electron chi connectivity index (χ1n) is 13.4. The standard InChI is InChI=1S/C26H51BrNO7P/c1-6-7-8-9-10-11-12-13-14-15-16-17-18-19-24(29)23(28-25(30)35-26(2,3)4)22-34-36(31,32-5)33-21-20-27/h18-19,23-24,29H,6-17,20-22H2,1-5H3,(H,28,30)/t23-,24+,36?/m0/s1. The van der Waals surface area contributed by atoms with Crippen LogP contribution in [0.4, 0.5) is 4.79 Å². The molecule has 1 unspecified atom stereocenters. The fraction of sp³-hybridized carbons (Fsp3) is 0.885. The zero-order valence-electron chi connectivity index (χ0n) is 23.1. The highest BCUT2D eigenvalue weighted by molar-refractivity contribution is 9.09. The zero-order valence-corrected chi connectivity index (χ0v) is 25.6. The molecule has 2 N–H and O–H groups in total. The number of aliphatic hydroxyl groups is 1. The smallest absolute Gasteiger partial charge is 0.444 e. The van der Waals surface area contributed by atoms with E-state index in [1.807, 2.05) is 6.08 Å². The normalized spacial score (nSPS) is 15.5. The average molecular weight is 601 g/mol. The molecule has 0 aliphatic heterocycles. The highest BCUT2D eigenvalue weighted by Crippen LogP contribution is 2.48. The highest BCUT2D eigenvalue weighted by atomic mass is 79.9. The molecule has 0 aromatic rings. The Morgan fingerprint density at radius 2 is 1.56 bits per heavy atom. The van der Waals surface area contributed by atoms with Gasteiger partial charge < -0.3 is 15.2 Å². The summed E-state index contributed by atoms with van der Waals surface area (Å²) in [4.78, 5) is 12.3. The summed E-state index contributed by atoms with van der Waals surface area (Å²) >= 11 is 3.19. The molecular formula is C26H51BrNO7P. The molecule has 0 heterocycles. The molecule has 0 aromatic carbocycles. The SMILES string of the molecule is CCCCCCCCCCCCCC=C[C@@H](O)[C@H](COP(=O)(OC)OCCBr)NC(=O)OC(C)(C)C. The third kappa shape index (κ3) is 20.6. The Kier molecular flexibility index (Phi) is 21.2. The number of carbonyl (C=O) groups is 1. The number of hydrogen-bond donors (Lipinski definition) is 2. The van der Waals surface area contributed by atoms with Crippen molar-refractivity contribution in [1.29, 1.82) is 0 Å². The summed E-state index contributed by atoms with van der Waals surface area (Å²) in [6.45, 7) is 7.32. The van der Waals surface area contributed by atoms with Crippen LogP contribution in [0.15, 0.2) is 12.2 Å². The average Bonchev–Trinajstić information content (AvgIpc) is 2.82. The van der Waals surface area contributed by atoms with Gasteiger partial charge in [0.2, 0.25) is 0 Å². The second-order valence-electron chi connectivity index (χ2n) is 9.94. The van der Waals surface area contributed by atoms with Gasteiger partial charge in [-0.3, -0.25) is 13.6 Å². The quantitative estimate of drug-likeness (QED) is 0.0569. The van der Waals surface area contributed by atoms with Gasteiger partial charge in [-0.2, -0.15) is 0 Å². The van der Waals surface area contributed by atoms with Crippen LogP contribution < -0.4 is 5.32 Å². The summed E-state index contributed by atoms with van der Waals surface area (Å²) in [5, 5.41) is 13.7. The molecule has 0 saturated carbocycles. The van der Waals surface area contributed by atoms with Gasteiger partial charge in [-0.25, -0.2) is 9.36 Å². The van der Waals surface area contributed by atoms with E-state index in [-0.39, 0.29) is 13.2 Å². The van der Waals surface area contributed by atoms with E-state index in [0.29, 0.717) is 5.33 Å². The van der Waals surface area contributed by atoms with E-state index < -0.39 is 31.7 Å². The number of hydrogen-bond acceptors (Lipinski definition) is 7. The Morgan fingerprint density at radius 3 is 2.06 bits per heavy atom. The third-order valence-electron chi connectivity index (χ3n) is 5.38. The number of alkyl halides is 1. The number of halogens is 1. The molecule has 8 nitrogen and oxygen atoms in total. The van der Waals surface area contributed by atoms with Crippen molar-refractivity contribution < 1.29 is 32.8 Å². The number of allylic oxidation sites excluding steroid dienone is 1. The first-order valence-corrected chi connectivity index (χ1v) is 16.0. The Balaban J connectivity index is 4.53. The van der Waals surface area contributed by atoms with E-state index in [9.17, 15) is 14.5 Å². The largest absolute Gasteiger partial charge is 0.474 e. The molecule has 0 spiro atoms. The second-order valence-corrected chi connectivity index (χ2v) is 12.5. The molecule has 0 aliphatic rings. The predicted molar refractivity (Wildman–Crippen MR) is 150 cm³/mol. The van der Waals surface area contributed by atoms with Crippen molar-refractivity contribution in [3.05, 3.63) is 12.2 Å². The third-order valence-corrected chi connectivity index (χ3v) is 7.12. The van der Waals surface area contributed by atoms with Crippen LogP contribution in [0.3, 0.4) is 0 Å². The zero-order chi connectivity index (χ0) is 27.3. The molecule has 0 saturated heterocycles. The molecule has 36 heavy (non-hydrogen) atoms. The first-order chi connectivity index (χ1) is 17.1. The summed E-state index contributed by atoms with van der Waals surface area (Å²) in [6, 6.07) is -0.899. The van der Waals surface area contributed by atoms with Gasteiger partial charge >= 0.3 is 13.9 Å². The molecule has 0 fully saturated rings. The summed E-state index contributed by atoms with van der Waals surface area (Å²) < 4.78 is 33.2. The lowest BCUT2D eigenvalue weighted by atomic mass is 10.0. The van der Waals surface area contributed by atoms with Crippen LogP contribution in [0.5, 0.6) is 0 Å². The summed E-state index contributed by atoms with van der Waals surface area (Å²) in [7, 11) is -2.59. The van der Waals surface area contributed by atoms with Crippen molar-refractivity contribution in [2.45, 2.75) is 122 Å². The number of phosphoric acid groups is 1. The van der Waals surface area contributed by atoms with Crippen molar-refractivity contribution in [2.24, 2.45) is 0 Å². The molecule has 10 heteroatoms. The van der Waals surface area contributed by atoms with Gasteiger partial charge in [-0.15, -0.1) is 0 Å². The van der Waals surface area contributed by atoms with Crippen LogP contribution in [-0.4, -0.2) is 54.6 Å². The van der Waals surface area contributed by atoms with E-state index in [0.717, 1.165) is 19.3 Å². The summed E-state index contributed by atoms with van der Waals surface area (Å²) in [6.07, 6.45) is 16.7. The van der Waals surface area contributed by atoms with Gasteiger partial charge in [-0.1, -0.05) is 99.2 Å². The number of ether oxygens (including phenoxy) is 1. The van der Waals surface area contributed by atoms with E-state index >= 15 is 0 Å². The lowest BCUT2D eigenvalue weighted by Gasteiger charge is -2.26. The fourth-order valence-electron chi connectivity index (χ4n) is 3.44. The molecule has 0 radical (unpaired) electrons. The number of alkyl carbamates (subject to hydrolysis) is 1. The fourth-order valence-corrected chi connectivity index (χ4v) is 4.80. The lowest BCUT2D eigenvalue weighted by molar-refractivity contribution is 0.0384. The molecule has 1 amide bonds. The van der Waals surface area contributed by atoms with Crippen LogP contribution >= 0.6 is 23.8 Å². The maximum Gasteiger partial charge on any atom is 0.474 e. The molecule has 0 aliphatic carbocycles. The van der Waals surface area contributed by atoms with Crippen molar-refractivity contribution in [3.63, 3.8) is 0 Å². The molecule has 0 bridgehead atoms. The maximum absolute atomic E-state index is 12.5. The number of carbonyl (C=O) groups excluding carboxylic acids is 1. The number of unbranched alkanes of at least 4 members (excludes halogenated alkanes) is 11. The predicted octanol–water partition coefficient (Wildman–Crippen LogP) is 7.68. The number of nitrogens with one attached hydrogen (secondary N) is 1. The van der Waals surface area contributed by atoms with Crippen LogP contribution in [0.25, 0.3) is 0 Å². The van der Waals surface area contributed by atoms with Gasteiger partial charge in [0.15, 0.2) is 0 Å². The Labute approximate surface area is 228 Å². The Morgan fingerprint density at radius 1 is 1.00 bits per heavy atom. The summed E-state index contributed by atoms with van der Waals surface area (Å²) in [5.74, 6) is 0. The van der Waals surface area contributed by atoms with Crippen LogP contribution in [0, 0.1) is 0 Å². The van der Waals surface area contributed by atoms with Crippen LogP contribution in [-0.2, 0) is 22.9 Å². The number of aliphatic hydroxyl groups excluding tert-OH is 1. The molecule has 214 valence electrons. The number of rotatable bonds is 22. The highest BCUT2D eigenvalue weighted by Gasteiger charge is 2.30. The van der Waals surface area contributed by atoms with E-state index in [2.05, 4.69) is 28.2 Å². The van der Waals surface area contributed by atoms with Crippen molar-refractivity contribution in [2.75, 3.05) is 25.7 Å². The van der Waals surface area contributed by atoms with Gasteiger partial charge in [0, 0.05) is 12.4 Å². The van der Waals surface area contributed by atoms with Crippen molar-refractivity contribution in [3.8, 4) is 0 Å². The number of phosphoric ester groups is 1. The molecule has 3 atom stereocenters. The minimum atomic E-state index is -3.81. The van der Waals surface area contributed by atoms with E-state index in [1.54, 1.807) is 26.8 Å². The molecule has 0 aromatic heterocycles. The Hall–Kier alpha value is -0.440. The van der Waals surface area contributed by atoms with Gasteiger partial charge in [0.1, 0.15) is 5.60 Å². The molecule has 0 rings (SSSR count). The second kappa shape index (κ2) is 21.5. The van der Waals surface area contributed by atoms with Crippen molar-refractivity contribution in [1.82, 2.24) is 5.32 Å². The monoisotopic (exact) mass is 599 g/mol. The van der Waals surface area contributed by atoms with E-state index in [1.165, 1.54) is 64.9 Å². The van der Waals surface area contributed by atoms with E-state index in [4.69, 9.17) is 18.3 Å². The lowest BCUT2D eigenvalue weighted by Crippen LogP contribution is -2.47. The maximum atomic E-state index is 12.5. The summed E-state index contributed by atoms with van der Waals surface area (Å²) in [5.41, 5.74) is -0.702. The first kappa shape index (κ1) is 35.6. The minimum Gasteiger partial charge on any atom is -0.444 e. The van der Waals surface area contributed by atoms with Gasteiger partial charge in [0.25, 0.3) is 0 Å². The number of amides is 1. The van der Waals surface area contributed by atoms with Crippen LogP contribution in [0.2, 0.25) is 0 Å². The Bertz CT molecular complexity index is 628. The topological polar surface area (TPSA) is 103 Å². The van der Waals surface area contributed by atoms with Gasteiger partial charge in [-0.05, 0) is 33.6 Å². The minimum absolute atomic E-state index is 0.122. The molecular weight excluding hydrogens is 549 g/mol. The van der Waals surface area contributed by atoms with Crippen molar-refractivity contribution >= 4 is 29.8 Å². The van der Waals surface area contributed by atoms with Gasteiger partial charge in [0.05, 0.1) is 25.4 Å².